The zero-order chi connectivity index (χ0) is 17.8. The lowest BCUT2D eigenvalue weighted by Crippen LogP contribution is -2.49. The van der Waals surface area contributed by atoms with Crippen LogP contribution >= 0.6 is 0 Å². The van der Waals surface area contributed by atoms with Crippen molar-refractivity contribution in [2.24, 2.45) is 17.8 Å². The number of carbonyl (C=O) groups is 2. The molecule has 25 heavy (non-hydrogen) atoms. The minimum absolute atomic E-state index is 0.0105. The molecule has 0 spiro atoms. The number of carboxylic acids is 1. The van der Waals surface area contributed by atoms with E-state index in [9.17, 15) is 14.7 Å². The highest BCUT2D eigenvalue weighted by molar-refractivity contribution is 5.80. The molecule has 3 fully saturated rings. The standard InChI is InChI=1S/C20H33NO4/c1-14-4-10-17(11-5-14)21(13-18-3-2-12-25-18)19(22)15-6-8-16(9-7-15)20(23)24/h14-18H,2-13H2,1H3,(H,23,24). The van der Waals surface area contributed by atoms with Crippen molar-refractivity contribution in [2.45, 2.75) is 83.3 Å². The molecule has 0 aromatic carbocycles. The van der Waals surface area contributed by atoms with Gasteiger partial charge in [0.05, 0.1) is 12.0 Å². The first-order valence-corrected chi connectivity index (χ1v) is 10.2. The normalized spacial score (nSPS) is 36.1. The van der Waals surface area contributed by atoms with E-state index in [1.807, 2.05) is 0 Å². The van der Waals surface area contributed by atoms with Gasteiger partial charge in [-0.1, -0.05) is 6.92 Å². The average Bonchev–Trinajstić information content (AvgIpc) is 3.13. The molecular formula is C20H33NO4. The molecule has 0 radical (unpaired) electrons. The van der Waals surface area contributed by atoms with Crippen molar-refractivity contribution >= 4 is 11.9 Å². The Bertz CT molecular complexity index is 458. The maximum atomic E-state index is 13.3. The fraction of sp³-hybridized carbons (Fsp3) is 0.900. The molecular weight excluding hydrogens is 318 g/mol. The van der Waals surface area contributed by atoms with Crippen molar-refractivity contribution in [1.82, 2.24) is 4.90 Å². The molecule has 2 saturated carbocycles. The largest absolute Gasteiger partial charge is 0.481 e. The quantitative estimate of drug-likeness (QED) is 0.824. The van der Waals surface area contributed by atoms with Gasteiger partial charge in [-0.15, -0.1) is 0 Å². The Morgan fingerprint density at radius 3 is 2.16 bits per heavy atom. The third kappa shape index (κ3) is 4.75. The lowest BCUT2D eigenvalue weighted by Gasteiger charge is -2.40. The number of aliphatic carboxylic acids is 1. The van der Waals surface area contributed by atoms with E-state index in [0.29, 0.717) is 18.9 Å². The number of carbonyl (C=O) groups excluding carboxylic acids is 1. The molecule has 5 heteroatoms. The number of ether oxygens (including phenoxy) is 1. The lowest BCUT2D eigenvalue weighted by atomic mass is 9.80. The molecule has 1 heterocycles. The molecule has 1 unspecified atom stereocenters. The molecule has 1 aliphatic heterocycles. The highest BCUT2D eigenvalue weighted by Crippen LogP contribution is 2.34. The SMILES string of the molecule is CC1CCC(N(CC2CCCO2)C(=O)C2CCC(C(=O)O)CC2)CC1. The van der Waals surface area contributed by atoms with Crippen LogP contribution in [-0.4, -0.2) is 47.2 Å². The van der Waals surface area contributed by atoms with Crippen molar-refractivity contribution in [1.29, 1.82) is 0 Å². The van der Waals surface area contributed by atoms with Crippen LogP contribution in [0.5, 0.6) is 0 Å². The first kappa shape index (κ1) is 18.7. The topological polar surface area (TPSA) is 66.8 Å². The number of hydrogen-bond donors (Lipinski definition) is 1. The summed E-state index contributed by atoms with van der Waals surface area (Å²) in [7, 11) is 0. The zero-order valence-electron chi connectivity index (χ0n) is 15.5. The second kappa shape index (κ2) is 8.52. The molecule has 3 rings (SSSR count). The van der Waals surface area contributed by atoms with Crippen molar-refractivity contribution in [3.05, 3.63) is 0 Å². The molecule has 1 amide bonds. The van der Waals surface area contributed by atoms with Gasteiger partial charge in [-0.05, 0) is 70.1 Å². The molecule has 0 aromatic rings. The molecule has 2 aliphatic carbocycles. The average molecular weight is 351 g/mol. The monoisotopic (exact) mass is 351 g/mol. The van der Waals surface area contributed by atoms with Gasteiger partial charge >= 0.3 is 5.97 Å². The Morgan fingerprint density at radius 2 is 1.60 bits per heavy atom. The van der Waals surface area contributed by atoms with Crippen molar-refractivity contribution < 1.29 is 19.4 Å². The van der Waals surface area contributed by atoms with Crippen LogP contribution < -0.4 is 0 Å². The fourth-order valence-electron chi connectivity index (χ4n) is 4.80. The second-order valence-corrected chi connectivity index (χ2v) is 8.43. The summed E-state index contributed by atoms with van der Waals surface area (Å²) in [5.74, 6) is 0.0757. The predicted molar refractivity (Wildman–Crippen MR) is 95.2 cm³/mol. The van der Waals surface area contributed by atoms with Gasteiger partial charge in [0.25, 0.3) is 0 Å². The summed E-state index contributed by atoms with van der Waals surface area (Å²) >= 11 is 0. The summed E-state index contributed by atoms with van der Waals surface area (Å²) in [4.78, 5) is 26.6. The van der Waals surface area contributed by atoms with E-state index in [4.69, 9.17) is 4.74 Å². The molecule has 0 bridgehead atoms. The van der Waals surface area contributed by atoms with Gasteiger partial charge in [0.1, 0.15) is 0 Å². The Hall–Kier alpha value is -1.10. The van der Waals surface area contributed by atoms with E-state index in [2.05, 4.69) is 11.8 Å². The molecule has 3 aliphatic rings. The minimum atomic E-state index is -0.705. The summed E-state index contributed by atoms with van der Waals surface area (Å²) in [6.45, 7) is 3.85. The zero-order valence-corrected chi connectivity index (χ0v) is 15.5. The Morgan fingerprint density at radius 1 is 0.960 bits per heavy atom. The van der Waals surface area contributed by atoms with Gasteiger partial charge in [-0.3, -0.25) is 9.59 Å². The van der Waals surface area contributed by atoms with E-state index < -0.39 is 5.97 Å². The predicted octanol–water partition coefficient (Wildman–Crippen LogP) is 3.46. The van der Waals surface area contributed by atoms with Gasteiger partial charge in [-0.25, -0.2) is 0 Å². The Balaban J connectivity index is 1.63. The maximum absolute atomic E-state index is 13.3. The summed E-state index contributed by atoms with van der Waals surface area (Å²) in [6.07, 6.45) is 9.67. The minimum Gasteiger partial charge on any atom is -0.481 e. The van der Waals surface area contributed by atoms with Crippen molar-refractivity contribution in [3.8, 4) is 0 Å². The van der Waals surface area contributed by atoms with Crippen LogP contribution in [0.1, 0.15) is 71.1 Å². The van der Waals surface area contributed by atoms with Crippen LogP contribution in [-0.2, 0) is 14.3 Å². The van der Waals surface area contributed by atoms with Crippen LogP contribution in [0.15, 0.2) is 0 Å². The number of rotatable bonds is 5. The van der Waals surface area contributed by atoms with Crippen LogP contribution in [0.2, 0.25) is 0 Å². The molecule has 1 saturated heterocycles. The van der Waals surface area contributed by atoms with Crippen molar-refractivity contribution in [2.75, 3.05) is 13.2 Å². The number of hydrogen-bond acceptors (Lipinski definition) is 3. The highest BCUT2D eigenvalue weighted by Gasteiger charge is 2.36. The molecule has 5 nitrogen and oxygen atoms in total. The maximum Gasteiger partial charge on any atom is 0.306 e. The van der Waals surface area contributed by atoms with E-state index in [0.717, 1.165) is 57.6 Å². The highest BCUT2D eigenvalue weighted by atomic mass is 16.5. The third-order valence-corrected chi connectivity index (χ3v) is 6.56. The van der Waals surface area contributed by atoms with Gasteiger partial charge < -0.3 is 14.7 Å². The first-order valence-electron chi connectivity index (χ1n) is 10.2. The second-order valence-electron chi connectivity index (χ2n) is 8.43. The van der Waals surface area contributed by atoms with Crippen LogP contribution in [0.3, 0.4) is 0 Å². The molecule has 142 valence electrons. The van der Waals surface area contributed by atoms with Gasteiger partial charge in [0.2, 0.25) is 5.91 Å². The lowest BCUT2D eigenvalue weighted by molar-refractivity contribution is -0.147. The van der Waals surface area contributed by atoms with Crippen molar-refractivity contribution in [3.63, 3.8) is 0 Å². The summed E-state index contributed by atoms with van der Waals surface area (Å²) < 4.78 is 5.81. The van der Waals surface area contributed by atoms with E-state index in [1.54, 1.807) is 0 Å². The fourth-order valence-corrected chi connectivity index (χ4v) is 4.80. The number of nitrogens with zero attached hydrogens (tertiary/aromatic N) is 1. The molecule has 1 atom stereocenters. The van der Waals surface area contributed by atoms with Gasteiger partial charge in [0, 0.05) is 25.1 Å². The van der Waals surface area contributed by atoms with E-state index in [-0.39, 0.29) is 23.8 Å². The summed E-state index contributed by atoms with van der Waals surface area (Å²) in [5, 5.41) is 9.18. The summed E-state index contributed by atoms with van der Waals surface area (Å²) in [5.41, 5.74) is 0. The Labute approximate surface area is 151 Å². The van der Waals surface area contributed by atoms with Crippen LogP contribution in [0.25, 0.3) is 0 Å². The summed E-state index contributed by atoms with van der Waals surface area (Å²) in [6, 6.07) is 0.352. The third-order valence-electron chi connectivity index (χ3n) is 6.56. The van der Waals surface area contributed by atoms with Crippen LogP contribution in [0, 0.1) is 17.8 Å². The first-order chi connectivity index (χ1) is 12.0. The smallest absolute Gasteiger partial charge is 0.306 e. The molecule has 0 aromatic heterocycles. The van der Waals surface area contributed by atoms with Crippen LogP contribution in [0.4, 0.5) is 0 Å². The van der Waals surface area contributed by atoms with E-state index >= 15 is 0 Å². The number of carboxylic acid groups (broad SMARTS) is 1. The number of amides is 1. The van der Waals surface area contributed by atoms with Gasteiger partial charge in [-0.2, -0.15) is 0 Å². The van der Waals surface area contributed by atoms with Gasteiger partial charge in [0.15, 0.2) is 0 Å². The molecule has 1 N–H and O–H groups in total. The Kier molecular flexibility index (Phi) is 6.37. The van der Waals surface area contributed by atoms with E-state index in [1.165, 1.54) is 12.8 Å².